The molecule has 3 nitrogen and oxygen atoms in total. The lowest BCUT2D eigenvalue weighted by Crippen LogP contribution is -2.37. The van der Waals surface area contributed by atoms with Gasteiger partial charge < -0.3 is 10.1 Å². The number of hydrogen-bond donors (Lipinski definition) is 1. The number of amides is 1. The summed E-state index contributed by atoms with van der Waals surface area (Å²) in [5.74, 6) is -0.0646. The van der Waals surface area contributed by atoms with E-state index in [1.807, 2.05) is 30.3 Å². The molecule has 1 N–H and O–H groups in total. The third kappa shape index (κ3) is 3.93. The van der Waals surface area contributed by atoms with Crippen molar-refractivity contribution in [2.45, 2.75) is 37.8 Å². The van der Waals surface area contributed by atoms with Gasteiger partial charge in [-0.05, 0) is 24.8 Å². The van der Waals surface area contributed by atoms with Crippen molar-refractivity contribution in [1.29, 1.82) is 0 Å². The lowest BCUT2D eigenvalue weighted by molar-refractivity contribution is -0.131. The van der Waals surface area contributed by atoms with Crippen molar-refractivity contribution in [3.8, 4) is 0 Å². The van der Waals surface area contributed by atoms with Gasteiger partial charge in [0.25, 0.3) is 5.91 Å². The Morgan fingerprint density at radius 3 is 2.84 bits per heavy atom. The fourth-order valence-electron chi connectivity index (χ4n) is 2.38. The number of benzene rings is 1. The summed E-state index contributed by atoms with van der Waals surface area (Å²) in [6.07, 6.45) is 8.20. The standard InChI is InChI=1S/C16H21NO2/c1-19-15(13-9-5-4-6-10-13)16(18)17-14-11-7-2-3-8-12-14/h4-7,9-11,14-15H,2-3,8,12H2,1H3,(H,17,18)/t14-,15-/m0/s1. The lowest BCUT2D eigenvalue weighted by Gasteiger charge is -2.19. The fraction of sp³-hybridized carbons (Fsp3) is 0.438. The van der Waals surface area contributed by atoms with E-state index in [9.17, 15) is 4.79 Å². The Kier molecular flexibility index (Phi) is 5.16. The van der Waals surface area contributed by atoms with E-state index in [1.54, 1.807) is 7.11 Å². The number of hydrogen-bond acceptors (Lipinski definition) is 2. The maximum absolute atomic E-state index is 12.3. The summed E-state index contributed by atoms with van der Waals surface area (Å²) in [4.78, 5) is 12.3. The van der Waals surface area contributed by atoms with Crippen LogP contribution in [-0.4, -0.2) is 19.1 Å². The molecule has 2 atom stereocenters. The molecule has 1 aromatic rings. The highest BCUT2D eigenvalue weighted by Crippen LogP contribution is 2.18. The molecule has 0 aliphatic heterocycles. The zero-order chi connectivity index (χ0) is 13.5. The van der Waals surface area contributed by atoms with Gasteiger partial charge in [0.1, 0.15) is 0 Å². The molecule has 3 heteroatoms. The molecule has 1 aliphatic rings. The molecule has 1 aromatic carbocycles. The third-order valence-electron chi connectivity index (χ3n) is 3.41. The van der Waals surface area contributed by atoms with Gasteiger partial charge >= 0.3 is 0 Å². The SMILES string of the molecule is CO[C@H](C(=O)N[C@H]1C=CCCCC1)c1ccccc1. The minimum Gasteiger partial charge on any atom is -0.367 e. The molecule has 2 rings (SSSR count). The van der Waals surface area contributed by atoms with Gasteiger partial charge in [0, 0.05) is 13.2 Å². The molecular weight excluding hydrogens is 238 g/mol. The van der Waals surface area contributed by atoms with Crippen LogP contribution in [0.2, 0.25) is 0 Å². The van der Waals surface area contributed by atoms with Crippen LogP contribution in [0.3, 0.4) is 0 Å². The van der Waals surface area contributed by atoms with Crippen molar-refractivity contribution >= 4 is 5.91 Å². The molecule has 0 saturated heterocycles. The van der Waals surface area contributed by atoms with Crippen molar-refractivity contribution in [3.05, 3.63) is 48.0 Å². The molecule has 1 aliphatic carbocycles. The zero-order valence-electron chi connectivity index (χ0n) is 11.3. The van der Waals surface area contributed by atoms with E-state index in [0.717, 1.165) is 24.8 Å². The van der Waals surface area contributed by atoms with Gasteiger partial charge in [-0.1, -0.05) is 48.9 Å². The molecule has 0 saturated carbocycles. The molecule has 1 amide bonds. The second-order valence-electron chi connectivity index (χ2n) is 4.85. The quantitative estimate of drug-likeness (QED) is 0.844. The number of nitrogens with one attached hydrogen (secondary N) is 1. The van der Waals surface area contributed by atoms with Gasteiger partial charge in [-0.25, -0.2) is 0 Å². The minimum absolute atomic E-state index is 0.0646. The van der Waals surface area contributed by atoms with Crippen LogP contribution < -0.4 is 5.32 Å². The van der Waals surface area contributed by atoms with Gasteiger partial charge in [-0.3, -0.25) is 4.79 Å². The topological polar surface area (TPSA) is 38.3 Å². The van der Waals surface area contributed by atoms with Gasteiger partial charge in [-0.2, -0.15) is 0 Å². The first-order chi connectivity index (χ1) is 9.31. The number of allylic oxidation sites excluding steroid dienone is 1. The van der Waals surface area contributed by atoms with E-state index in [1.165, 1.54) is 6.42 Å². The summed E-state index contributed by atoms with van der Waals surface area (Å²) in [7, 11) is 1.57. The first-order valence-corrected chi connectivity index (χ1v) is 6.86. The fourth-order valence-corrected chi connectivity index (χ4v) is 2.38. The summed E-state index contributed by atoms with van der Waals surface area (Å²) < 4.78 is 5.33. The average Bonchev–Trinajstić information content (AvgIpc) is 2.69. The summed E-state index contributed by atoms with van der Waals surface area (Å²) in [6.45, 7) is 0. The number of methoxy groups -OCH3 is 1. The van der Waals surface area contributed by atoms with E-state index in [4.69, 9.17) is 4.74 Å². The highest BCUT2D eigenvalue weighted by molar-refractivity contribution is 5.82. The predicted octanol–water partition coefficient (Wildman–Crippen LogP) is 2.99. The molecular formula is C16H21NO2. The van der Waals surface area contributed by atoms with Crippen LogP contribution in [0.5, 0.6) is 0 Å². The average molecular weight is 259 g/mol. The minimum atomic E-state index is -0.530. The molecule has 0 bridgehead atoms. The first kappa shape index (κ1) is 13.8. The monoisotopic (exact) mass is 259 g/mol. The Morgan fingerprint density at radius 1 is 1.32 bits per heavy atom. The van der Waals surface area contributed by atoms with Gasteiger partial charge in [0.05, 0.1) is 0 Å². The van der Waals surface area contributed by atoms with Crippen LogP contribution in [-0.2, 0) is 9.53 Å². The van der Waals surface area contributed by atoms with Gasteiger partial charge in [0.15, 0.2) is 6.10 Å². The van der Waals surface area contributed by atoms with E-state index in [0.29, 0.717) is 0 Å². The van der Waals surface area contributed by atoms with Crippen molar-refractivity contribution in [3.63, 3.8) is 0 Å². The molecule has 0 heterocycles. The predicted molar refractivity (Wildman–Crippen MR) is 75.7 cm³/mol. The van der Waals surface area contributed by atoms with Crippen molar-refractivity contribution < 1.29 is 9.53 Å². The highest BCUT2D eigenvalue weighted by atomic mass is 16.5. The molecule has 19 heavy (non-hydrogen) atoms. The van der Waals surface area contributed by atoms with E-state index < -0.39 is 6.10 Å². The number of carbonyl (C=O) groups excluding carboxylic acids is 1. The second kappa shape index (κ2) is 7.10. The van der Waals surface area contributed by atoms with Crippen LogP contribution in [0.4, 0.5) is 0 Å². The number of rotatable bonds is 4. The Bertz CT molecular complexity index is 428. The van der Waals surface area contributed by atoms with Crippen molar-refractivity contribution in [2.24, 2.45) is 0 Å². The van der Waals surface area contributed by atoms with Crippen LogP contribution in [0.1, 0.15) is 37.4 Å². The van der Waals surface area contributed by atoms with E-state index in [-0.39, 0.29) is 11.9 Å². The number of ether oxygens (including phenoxy) is 1. The maximum Gasteiger partial charge on any atom is 0.254 e. The van der Waals surface area contributed by atoms with Crippen LogP contribution in [0.25, 0.3) is 0 Å². The van der Waals surface area contributed by atoms with E-state index >= 15 is 0 Å². The molecule has 0 aromatic heterocycles. The van der Waals surface area contributed by atoms with Crippen LogP contribution in [0, 0.1) is 0 Å². The van der Waals surface area contributed by atoms with Crippen LogP contribution >= 0.6 is 0 Å². The second-order valence-corrected chi connectivity index (χ2v) is 4.85. The Hall–Kier alpha value is -1.61. The largest absolute Gasteiger partial charge is 0.367 e. The Morgan fingerprint density at radius 2 is 2.11 bits per heavy atom. The Balaban J connectivity index is 2.01. The smallest absolute Gasteiger partial charge is 0.254 e. The summed E-state index contributed by atoms with van der Waals surface area (Å²) in [5, 5.41) is 3.06. The normalized spacial score (nSPS) is 20.6. The van der Waals surface area contributed by atoms with E-state index in [2.05, 4.69) is 17.5 Å². The summed E-state index contributed by atoms with van der Waals surface area (Å²) >= 11 is 0. The third-order valence-corrected chi connectivity index (χ3v) is 3.41. The Labute approximate surface area is 114 Å². The maximum atomic E-state index is 12.3. The van der Waals surface area contributed by atoms with Crippen molar-refractivity contribution in [2.75, 3.05) is 7.11 Å². The van der Waals surface area contributed by atoms with Gasteiger partial charge in [-0.15, -0.1) is 0 Å². The molecule has 0 radical (unpaired) electrons. The summed E-state index contributed by atoms with van der Waals surface area (Å²) in [5.41, 5.74) is 0.889. The summed E-state index contributed by atoms with van der Waals surface area (Å²) in [6, 6.07) is 9.73. The highest BCUT2D eigenvalue weighted by Gasteiger charge is 2.21. The zero-order valence-corrected chi connectivity index (χ0v) is 11.3. The molecule has 0 spiro atoms. The molecule has 0 unspecified atom stereocenters. The van der Waals surface area contributed by atoms with Gasteiger partial charge in [0.2, 0.25) is 0 Å². The van der Waals surface area contributed by atoms with Crippen molar-refractivity contribution in [1.82, 2.24) is 5.32 Å². The lowest BCUT2D eigenvalue weighted by atomic mass is 10.1. The van der Waals surface area contributed by atoms with Crippen LogP contribution in [0.15, 0.2) is 42.5 Å². The first-order valence-electron chi connectivity index (χ1n) is 6.86. The molecule has 0 fully saturated rings. The molecule has 102 valence electrons. The number of carbonyl (C=O) groups is 1.